The van der Waals surface area contributed by atoms with Crippen LogP contribution >= 0.6 is 22.9 Å². The minimum absolute atomic E-state index is 0.245. The van der Waals surface area contributed by atoms with Crippen LogP contribution in [0.4, 0.5) is 0 Å². The molecule has 2 aliphatic rings. The lowest BCUT2D eigenvalue weighted by atomic mass is 10.4. The van der Waals surface area contributed by atoms with E-state index in [0.717, 1.165) is 17.7 Å². The lowest BCUT2D eigenvalue weighted by molar-refractivity contribution is 0.389. The molecule has 2 saturated carbocycles. The van der Waals surface area contributed by atoms with Crippen LogP contribution in [-0.2, 0) is 15.9 Å². The Hall–Kier alpha value is -0.100. The summed E-state index contributed by atoms with van der Waals surface area (Å²) in [5.41, 5.74) is 0. The summed E-state index contributed by atoms with van der Waals surface area (Å²) in [6.07, 6.45) is 4.38. The van der Waals surface area contributed by atoms with Crippen molar-refractivity contribution in [2.75, 3.05) is 6.54 Å². The zero-order valence-electron chi connectivity index (χ0n) is 10.0. The van der Waals surface area contributed by atoms with E-state index < -0.39 is 10.0 Å². The summed E-state index contributed by atoms with van der Waals surface area (Å²) in [7, 11) is -3.30. The fourth-order valence-corrected chi connectivity index (χ4v) is 5.20. The molecule has 100 valence electrons. The van der Waals surface area contributed by atoms with Crippen molar-refractivity contribution in [3.63, 3.8) is 0 Å². The van der Waals surface area contributed by atoms with Crippen molar-refractivity contribution in [2.24, 2.45) is 5.92 Å². The Morgan fingerprint density at radius 2 is 2.06 bits per heavy atom. The van der Waals surface area contributed by atoms with Gasteiger partial charge in [-0.2, -0.15) is 4.31 Å². The van der Waals surface area contributed by atoms with Gasteiger partial charge in [-0.3, -0.25) is 0 Å². The lowest BCUT2D eigenvalue weighted by Crippen LogP contribution is -2.34. The topological polar surface area (TPSA) is 37.4 Å². The maximum Gasteiger partial charge on any atom is 0.244 e. The number of sulfonamides is 1. The van der Waals surface area contributed by atoms with E-state index in [-0.39, 0.29) is 6.04 Å². The maximum atomic E-state index is 12.6. The van der Waals surface area contributed by atoms with Crippen molar-refractivity contribution >= 4 is 33.0 Å². The molecule has 6 heteroatoms. The summed E-state index contributed by atoms with van der Waals surface area (Å²) in [4.78, 5) is 1.34. The summed E-state index contributed by atoms with van der Waals surface area (Å²) in [5, 5.41) is 1.72. The van der Waals surface area contributed by atoms with Gasteiger partial charge in [-0.15, -0.1) is 22.9 Å². The SMILES string of the molecule is O=S(=O)(c1csc(CCl)c1)N(CC1CC1)C1CC1. The second-order valence-electron chi connectivity index (χ2n) is 5.13. The van der Waals surface area contributed by atoms with Gasteiger partial charge in [0.2, 0.25) is 10.0 Å². The molecule has 0 aromatic carbocycles. The number of thiophene rings is 1. The molecule has 0 amide bonds. The number of alkyl halides is 1. The first-order chi connectivity index (χ1) is 8.61. The quantitative estimate of drug-likeness (QED) is 0.758. The molecule has 0 N–H and O–H groups in total. The molecular formula is C12H16ClNO2S2. The van der Waals surface area contributed by atoms with E-state index in [9.17, 15) is 8.42 Å². The molecule has 1 aromatic heterocycles. The fraction of sp³-hybridized carbons (Fsp3) is 0.667. The highest BCUT2D eigenvalue weighted by Crippen LogP contribution is 2.38. The van der Waals surface area contributed by atoms with Crippen molar-refractivity contribution in [3.05, 3.63) is 16.3 Å². The summed E-state index contributed by atoms with van der Waals surface area (Å²) < 4.78 is 26.9. The van der Waals surface area contributed by atoms with E-state index in [1.807, 2.05) is 0 Å². The van der Waals surface area contributed by atoms with Gasteiger partial charge in [-0.05, 0) is 37.7 Å². The molecule has 0 spiro atoms. The number of hydrogen-bond acceptors (Lipinski definition) is 3. The first kappa shape index (κ1) is 12.9. The number of rotatable bonds is 6. The largest absolute Gasteiger partial charge is 0.244 e. The molecule has 18 heavy (non-hydrogen) atoms. The van der Waals surface area contributed by atoms with Gasteiger partial charge in [0.25, 0.3) is 0 Å². The molecule has 2 fully saturated rings. The van der Waals surface area contributed by atoms with Crippen LogP contribution in [0, 0.1) is 5.92 Å². The van der Waals surface area contributed by atoms with Crippen LogP contribution in [0.2, 0.25) is 0 Å². The highest BCUT2D eigenvalue weighted by molar-refractivity contribution is 7.89. The van der Waals surface area contributed by atoms with Gasteiger partial charge < -0.3 is 0 Å². The predicted molar refractivity (Wildman–Crippen MR) is 73.5 cm³/mol. The average molecular weight is 306 g/mol. The monoisotopic (exact) mass is 305 g/mol. The minimum atomic E-state index is -3.30. The molecule has 0 radical (unpaired) electrons. The van der Waals surface area contributed by atoms with Crippen LogP contribution in [-0.4, -0.2) is 25.3 Å². The average Bonchev–Trinajstić information content (AvgIpc) is 3.24. The number of halogens is 1. The van der Waals surface area contributed by atoms with Crippen molar-refractivity contribution in [2.45, 2.75) is 42.5 Å². The van der Waals surface area contributed by atoms with Crippen molar-refractivity contribution < 1.29 is 8.42 Å². The molecule has 3 nitrogen and oxygen atoms in total. The Balaban J connectivity index is 1.85. The van der Waals surface area contributed by atoms with E-state index in [2.05, 4.69) is 0 Å². The molecular weight excluding hydrogens is 290 g/mol. The molecule has 3 rings (SSSR count). The van der Waals surface area contributed by atoms with E-state index in [0.29, 0.717) is 23.2 Å². The second-order valence-corrected chi connectivity index (χ2v) is 8.29. The van der Waals surface area contributed by atoms with Crippen LogP contribution in [0.25, 0.3) is 0 Å². The third-order valence-corrected chi connectivity index (χ3v) is 6.89. The van der Waals surface area contributed by atoms with Gasteiger partial charge in [-0.25, -0.2) is 8.42 Å². The summed E-state index contributed by atoms with van der Waals surface area (Å²) >= 11 is 7.16. The second kappa shape index (κ2) is 4.78. The Labute approximate surface area is 117 Å². The van der Waals surface area contributed by atoms with Gasteiger partial charge in [-0.1, -0.05) is 0 Å². The normalized spacial score (nSPS) is 20.6. The maximum absolute atomic E-state index is 12.6. The van der Waals surface area contributed by atoms with E-state index in [1.165, 1.54) is 24.2 Å². The summed E-state index contributed by atoms with van der Waals surface area (Å²) in [6.45, 7) is 0.707. The van der Waals surface area contributed by atoms with Crippen LogP contribution in [0.5, 0.6) is 0 Å². The highest BCUT2D eigenvalue weighted by Gasteiger charge is 2.41. The lowest BCUT2D eigenvalue weighted by Gasteiger charge is -2.20. The minimum Gasteiger partial charge on any atom is -0.207 e. The molecule has 2 aliphatic carbocycles. The Morgan fingerprint density at radius 3 is 2.56 bits per heavy atom. The third-order valence-electron chi connectivity index (χ3n) is 3.46. The molecule has 0 saturated heterocycles. The molecule has 0 bridgehead atoms. The molecule has 0 unspecified atom stereocenters. The van der Waals surface area contributed by atoms with Crippen LogP contribution in [0.1, 0.15) is 30.6 Å². The zero-order chi connectivity index (χ0) is 12.8. The Kier molecular flexibility index (Phi) is 3.43. The first-order valence-electron chi connectivity index (χ1n) is 6.26. The van der Waals surface area contributed by atoms with Crippen LogP contribution in [0.15, 0.2) is 16.3 Å². The van der Waals surface area contributed by atoms with Gasteiger partial charge in [0.1, 0.15) is 0 Å². The highest BCUT2D eigenvalue weighted by atomic mass is 35.5. The number of nitrogens with zero attached hydrogens (tertiary/aromatic N) is 1. The molecule has 0 atom stereocenters. The smallest absolute Gasteiger partial charge is 0.207 e. The van der Waals surface area contributed by atoms with Gasteiger partial charge >= 0.3 is 0 Å². The van der Waals surface area contributed by atoms with Crippen molar-refractivity contribution in [1.29, 1.82) is 0 Å². The van der Waals surface area contributed by atoms with Gasteiger partial charge in [0.15, 0.2) is 0 Å². The molecule has 0 aliphatic heterocycles. The molecule has 1 aromatic rings. The molecule has 1 heterocycles. The van der Waals surface area contributed by atoms with E-state index in [1.54, 1.807) is 15.8 Å². The summed E-state index contributed by atoms with van der Waals surface area (Å²) in [6, 6.07) is 1.96. The zero-order valence-corrected chi connectivity index (χ0v) is 12.4. The van der Waals surface area contributed by atoms with Crippen molar-refractivity contribution in [3.8, 4) is 0 Å². The standard InChI is InChI=1S/C12H16ClNO2S2/c13-6-11-5-12(8-17-11)18(15,16)14(10-3-4-10)7-9-1-2-9/h5,8-10H,1-4,6-7H2. The number of hydrogen-bond donors (Lipinski definition) is 0. The Morgan fingerprint density at radius 1 is 1.33 bits per heavy atom. The van der Waals surface area contributed by atoms with Gasteiger partial charge in [0, 0.05) is 22.8 Å². The Bertz CT molecular complexity index is 532. The van der Waals surface area contributed by atoms with Gasteiger partial charge in [0.05, 0.1) is 10.8 Å². The van der Waals surface area contributed by atoms with E-state index in [4.69, 9.17) is 11.6 Å². The van der Waals surface area contributed by atoms with Crippen molar-refractivity contribution in [1.82, 2.24) is 4.31 Å². The third kappa shape index (κ3) is 2.59. The summed E-state index contributed by atoms with van der Waals surface area (Å²) in [5.74, 6) is 0.971. The first-order valence-corrected chi connectivity index (χ1v) is 9.12. The predicted octanol–water partition coefficient (Wildman–Crippen LogP) is 3.05. The van der Waals surface area contributed by atoms with E-state index >= 15 is 0 Å². The fourth-order valence-electron chi connectivity index (χ4n) is 2.06. The van der Waals surface area contributed by atoms with Crippen LogP contribution in [0.3, 0.4) is 0 Å². The van der Waals surface area contributed by atoms with Crippen LogP contribution < -0.4 is 0 Å².